The minimum absolute atomic E-state index is 0.263. The molecule has 0 unspecified atom stereocenters. The third kappa shape index (κ3) is 2.91. The molecule has 0 radical (unpaired) electrons. The first kappa shape index (κ1) is 12.4. The standard InChI is InChI=1S/C8H14N2O3S2/c1-10(3-4-13-2)15(11,12)8-5-7(9)6-14-8/h5-6H,3-4,9H2,1-2H3. The molecule has 86 valence electrons. The lowest BCUT2D eigenvalue weighted by molar-refractivity contribution is 0.185. The minimum Gasteiger partial charge on any atom is -0.398 e. The molecule has 0 saturated heterocycles. The molecule has 15 heavy (non-hydrogen) atoms. The Labute approximate surface area is 93.5 Å². The van der Waals surface area contributed by atoms with E-state index >= 15 is 0 Å². The predicted molar refractivity (Wildman–Crippen MR) is 60.4 cm³/mol. The molecular formula is C8H14N2O3S2. The molecule has 1 heterocycles. The van der Waals surface area contributed by atoms with Gasteiger partial charge in [0.05, 0.1) is 6.61 Å². The summed E-state index contributed by atoms with van der Waals surface area (Å²) in [4.78, 5) is 0. The van der Waals surface area contributed by atoms with Crippen LogP contribution in [0.1, 0.15) is 0 Å². The fourth-order valence-electron chi connectivity index (χ4n) is 0.959. The number of likely N-dealkylation sites (N-methyl/N-ethyl adjacent to an activating group) is 1. The quantitative estimate of drug-likeness (QED) is 0.830. The number of rotatable bonds is 5. The molecule has 0 amide bonds. The highest BCUT2D eigenvalue weighted by Crippen LogP contribution is 2.24. The van der Waals surface area contributed by atoms with Gasteiger partial charge in [-0.05, 0) is 6.07 Å². The molecule has 2 N–H and O–H groups in total. The molecule has 1 rings (SSSR count). The summed E-state index contributed by atoms with van der Waals surface area (Å²) in [5.74, 6) is 0. The Balaban J connectivity index is 2.83. The van der Waals surface area contributed by atoms with Gasteiger partial charge in [0.1, 0.15) is 4.21 Å². The van der Waals surface area contributed by atoms with Gasteiger partial charge in [-0.3, -0.25) is 0 Å². The van der Waals surface area contributed by atoms with Crippen molar-refractivity contribution in [3.8, 4) is 0 Å². The number of hydrogen-bond donors (Lipinski definition) is 1. The molecule has 0 saturated carbocycles. The van der Waals surface area contributed by atoms with Crippen molar-refractivity contribution in [2.75, 3.05) is 33.0 Å². The van der Waals surface area contributed by atoms with E-state index in [2.05, 4.69) is 0 Å². The van der Waals surface area contributed by atoms with Crippen molar-refractivity contribution in [1.82, 2.24) is 4.31 Å². The Morgan fingerprint density at radius 2 is 2.27 bits per heavy atom. The number of ether oxygens (including phenoxy) is 1. The molecule has 1 aromatic heterocycles. The summed E-state index contributed by atoms with van der Waals surface area (Å²) in [7, 11) is -0.349. The van der Waals surface area contributed by atoms with Gasteiger partial charge >= 0.3 is 0 Å². The van der Waals surface area contributed by atoms with Crippen LogP contribution in [-0.2, 0) is 14.8 Å². The summed E-state index contributed by atoms with van der Waals surface area (Å²) in [5.41, 5.74) is 5.95. The first-order valence-corrected chi connectivity index (χ1v) is 6.59. The van der Waals surface area contributed by atoms with Gasteiger partial charge in [-0.15, -0.1) is 11.3 Å². The third-order valence-electron chi connectivity index (χ3n) is 1.87. The molecule has 0 aliphatic rings. The van der Waals surface area contributed by atoms with Crippen LogP contribution in [0.25, 0.3) is 0 Å². The maximum Gasteiger partial charge on any atom is 0.252 e. The molecule has 0 spiro atoms. The van der Waals surface area contributed by atoms with Crippen molar-refractivity contribution < 1.29 is 13.2 Å². The maximum atomic E-state index is 11.9. The van der Waals surface area contributed by atoms with Crippen molar-refractivity contribution in [3.05, 3.63) is 11.4 Å². The van der Waals surface area contributed by atoms with Crippen LogP contribution < -0.4 is 5.73 Å². The number of thiophene rings is 1. The van der Waals surface area contributed by atoms with Gasteiger partial charge in [-0.1, -0.05) is 0 Å². The molecule has 0 aliphatic heterocycles. The second kappa shape index (κ2) is 4.93. The van der Waals surface area contributed by atoms with E-state index < -0.39 is 10.0 Å². The molecular weight excluding hydrogens is 236 g/mol. The summed E-state index contributed by atoms with van der Waals surface area (Å²) in [6, 6.07) is 1.46. The number of nitrogen functional groups attached to an aromatic ring is 1. The second-order valence-corrected chi connectivity index (χ2v) is 6.20. The zero-order valence-corrected chi connectivity index (χ0v) is 10.3. The average molecular weight is 250 g/mol. The van der Waals surface area contributed by atoms with E-state index in [4.69, 9.17) is 10.5 Å². The monoisotopic (exact) mass is 250 g/mol. The summed E-state index contributed by atoms with van der Waals surface area (Å²) < 4.78 is 30.1. The normalized spacial score (nSPS) is 12.2. The highest BCUT2D eigenvalue weighted by Gasteiger charge is 2.21. The number of methoxy groups -OCH3 is 1. The van der Waals surface area contributed by atoms with Crippen molar-refractivity contribution in [3.63, 3.8) is 0 Å². The van der Waals surface area contributed by atoms with Gasteiger partial charge in [0.15, 0.2) is 0 Å². The Hall–Kier alpha value is -0.630. The van der Waals surface area contributed by atoms with Gasteiger partial charge in [-0.25, -0.2) is 8.42 Å². The summed E-state index contributed by atoms with van der Waals surface area (Å²) >= 11 is 1.12. The molecule has 0 fully saturated rings. The fourth-order valence-corrected chi connectivity index (χ4v) is 3.40. The third-order valence-corrected chi connectivity index (χ3v) is 5.16. The van der Waals surface area contributed by atoms with Crippen molar-refractivity contribution in [2.24, 2.45) is 0 Å². The van der Waals surface area contributed by atoms with Gasteiger partial charge in [0.2, 0.25) is 0 Å². The predicted octanol–water partition coefficient (Wildman–Crippen LogP) is 0.597. The van der Waals surface area contributed by atoms with Gasteiger partial charge in [0.25, 0.3) is 10.0 Å². The highest BCUT2D eigenvalue weighted by molar-refractivity contribution is 7.91. The lowest BCUT2D eigenvalue weighted by Crippen LogP contribution is -2.29. The van der Waals surface area contributed by atoms with E-state index in [0.29, 0.717) is 18.8 Å². The zero-order valence-electron chi connectivity index (χ0n) is 8.63. The van der Waals surface area contributed by atoms with E-state index in [0.717, 1.165) is 11.3 Å². The van der Waals surface area contributed by atoms with Crippen LogP contribution in [0.15, 0.2) is 15.7 Å². The summed E-state index contributed by atoms with van der Waals surface area (Å²) in [6.07, 6.45) is 0. The fraction of sp³-hybridized carbons (Fsp3) is 0.500. The minimum atomic E-state index is -3.40. The highest BCUT2D eigenvalue weighted by atomic mass is 32.2. The Morgan fingerprint density at radius 3 is 2.73 bits per heavy atom. The van der Waals surface area contributed by atoms with Gasteiger partial charge in [0, 0.05) is 31.8 Å². The summed E-state index contributed by atoms with van der Waals surface area (Å²) in [5, 5.41) is 1.61. The van der Waals surface area contributed by atoms with Crippen LogP contribution in [0.3, 0.4) is 0 Å². The molecule has 0 aliphatic carbocycles. The lowest BCUT2D eigenvalue weighted by Gasteiger charge is -2.14. The number of sulfonamides is 1. The second-order valence-electron chi connectivity index (χ2n) is 3.02. The van der Waals surface area contributed by atoms with E-state index in [1.165, 1.54) is 24.5 Å². The Bertz CT molecular complexity index is 413. The summed E-state index contributed by atoms with van der Waals surface area (Å²) in [6.45, 7) is 0.702. The Kier molecular flexibility index (Phi) is 4.09. The van der Waals surface area contributed by atoms with E-state index in [1.54, 1.807) is 5.38 Å². The van der Waals surface area contributed by atoms with Crippen LogP contribution in [-0.4, -0.2) is 40.0 Å². The van der Waals surface area contributed by atoms with E-state index in [1.807, 2.05) is 0 Å². The van der Waals surface area contributed by atoms with Crippen LogP contribution in [0.4, 0.5) is 5.69 Å². The average Bonchev–Trinajstić information content (AvgIpc) is 2.61. The molecule has 1 aromatic rings. The smallest absolute Gasteiger partial charge is 0.252 e. The van der Waals surface area contributed by atoms with Crippen LogP contribution >= 0.6 is 11.3 Å². The van der Waals surface area contributed by atoms with Gasteiger partial charge in [-0.2, -0.15) is 4.31 Å². The molecule has 0 atom stereocenters. The SMILES string of the molecule is COCCN(C)S(=O)(=O)c1cc(N)cs1. The largest absolute Gasteiger partial charge is 0.398 e. The number of anilines is 1. The Morgan fingerprint density at radius 1 is 1.60 bits per heavy atom. The van der Waals surface area contributed by atoms with Crippen LogP contribution in [0.5, 0.6) is 0 Å². The van der Waals surface area contributed by atoms with E-state index in [-0.39, 0.29) is 4.21 Å². The van der Waals surface area contributed by atoms with Crippen molar-refractivity contribution in [1.29, 1.82) is 0 Å². The van der Waals surface area contributed by atoms with Crippen molar-refractivity contribution >= 4 is 27.0 Å². The van der Waals surface area contributed by atoms with Crippen LogP contribution in [0.2, 0.25) is 0 Å². The topological polar surface area (TPSA) is 72.6 Å². The first-order chi connectivity index (χ1) is 6.98. The molecule has 5 nitrogen and oxygen atoms in total. The number of nitrogens with two attached hydrogens (primary N) is 1. The lowest BCUT2D eigenvalue weighted by atomic mass is 10.6. The van der Waals surface area contributed by atoms with Crippen LogP contribution in [0, 0.1) is 0 Å². The first-order valence-electron chi connectivity index (χ1n) is 4.27. The van der Waals surface area contributed by atoms with Crippen molar-refractivity contribution in [2.45, 2.75) is 4.21 Å². The number of nitrogens with zero attached hydrogens (tertiary/aromatic N) is 1. The van der Waals surface area contributed by atoms with E-state index in [9.17, 15) is 8.42 Å². The molecule has 0 aromatic carbocycles. The number of hydrogen-bond acceptors (Lipinski definition) is 5. The van der Waals surface area contributed by atoms with Gasteiger partial charge < -0.3 is 10.5 Å². The molecule has 7 heteroatoms. The molecule has 0 bridgehead atoms. The zero-order chi connectivity index (χ0) is 11.5. The maximum absolute atomic E-state index is 11.9.